The predicted octanol–water partition coefficient (Wildman–Crippen LogP) is 18.1. The number of fused-ring (bicyclic) bond motifs is 6. The Balaban J connectivity index is 1.01. The summed E-state index contributed by atoms with van der Waals surface area (Å²) in [7, 11) is 0. The molecule has 3 atom stereocenters. The molecule has 0 saturated heterocycles. The van der Waals surface area contributed by atoms with Crippen LogP contribution in [0.25, 0.3) is 38.6 Å². The highest BCUT2D eigenvalue weighted by Gasteiger charge is 2.51. The summed E-state index contributed by atoms with van der Waals surface area (Å²) in [6, 6.07) is 51.0. The van der Waals surface area contributed by atoms with E-state index < -0.39 is 0 Å². The molecule has 1 aromatic heterocycles. The van der Waals surface area contributed by atoms with Gasteiger partial charge in [0, 0.05) is 57.3 Å². The van der Waals surface area contributed by atoms with Crippen LogP contribution in [0.15, 0.2) is 226 Å². The van der Waals surface area contributed by atoms with E-state index in [1.807, 2.05) is 0 Å². The fourth-order valence-corrected chi connectivity index (χ4v) is 13.6. The lowest BCUT2D eigenvalue weighted by Crippen LogP contribution is -2.59. The highest BCUT2D eigenvalue weighted by Crippen LogP contribution is 2.52. The number of rotatable bonds is 7. The van der Waals surface area contributed by atoms with E-state index in [2.05, 4.69) is 272 Å². The molecule has 6 aromatic carbocycles. The van der Waals surface area contributed by atoms with Gasteiger partial charge >= 0.3 is 0 Å². The maximum absolute atomic E-state index is 6.29. The first-order valence-corrected chi connectivity index (χ1v) is 28.8. The Morgan fingerprint density at radius 2 is 1.33 bits per heavy atom. The molecule has 0 saturated carbocycles. The van der Waals surface area contributed by atoms with Gasteiger partial charge in [-0.2, -0.15) is 0 Å². The number of furan rings is 1. The Bertz CT molecular complexity index is 3810. The molecule has 5 heteroatoms. The summed E-state index contributed by atoms with van der Waals surface area (Å²) in [6.45, 7) is 23.6. The lowest BCUT2D eigenvalue weighted by Gasteiger charge is -2.54. The summed E-state index contributed by atoms with van der Waals surface area (Å²) in [4.78, 5) is 8.27. The zero-order valence-electron chi connectivity index (χ0n) is 47.5. The van der Waals surface area contributed by atoms with Gasteiger partial charge in [0.05, 0.1) is 17.8 Å². The zero-order chi connectivity index (χ0) is 53.8. The van der Waals surface area contributed by atoms with Crippen LogP contribution in [-0.4, -0.2) is 29.7 Å². The van der Waals surface area contributed by atoms with Crippen molar-refractivity contribution >= 4 is 56.7 Å². The van der Waals surface area contributed by atoms with Gasteiger partial charge < -0.3 is 19.1 Å². The lowest BCUT2D eigenvalue weighted by molar-refractivity contribution is 0.222. The number of nitrogens with zero attached hydrogens (tertiary/aromatic N) is 3. The van der Waals surface area contributed by atoms with Crippen LogP contribution in [0.5, 0.6) is 0 Å². The van der Waals surface area contributed by atoms with E-state index in [9.17, 15) is 0 Å². The van der Waals surface area contributed by atoms with E-state index >= 15 is 0 Å². The molecule has 390 valence electrons. The van der Waals surface area contributed by atoms with Gasteiger partial charge in [-0.3, -0.25) is 0 Å². The first-order chi connectivity index (χ1) is 37.5. The average Bonchev–Trinajstić information content (AvgIpc) is 3.83. The maximum atomic E-state index is 6.29. The molecule has 0 N–H and O–H groups in total. The van der Waals surface area contributed by atoms with E-state index in [-0.39, 0.29) is 41.1 Å². The van der Waals surface area contributed by atoms with Crippen molar-refractivity contribution in [3.8, 4) is 11.1 Å². The minimum Gasteiger partial charge on any atom is -0.456 e. The SMILES string of the molecule is CC1=CC2=C3B(C4=C(CC(N(C5=CC=CCC5)c5ccccc5)C=C4)N(C4C=CC(c5ccc6oc7ccccc7c6c5)=CC4)C3C1)c1cc(C(C)(C)C)ccc1N2c1ccc(C(C)(C)C)cc1-c1ccc(C(C)(C)C)cc1. The van der Waals surface area contributed by atoms with E-state index in [0.29, 0.717) is 0 Å². The standard InChI is InChI=1S/C73H74BN3O/c1-47-41-66-70-67(42-47)77(63-38-32-52(72(5,6)7)44-59(63)49-25-30-51(31-26-49)71(2,3)4)64-39-33-53(73(8,9)10)45-62(64)74(70)61-37-36-57(75(54-19-13-11-14-20-54)55-21-15-12-16-22-55)46-65(61)76(66)56-34-27-48(28-35-56)50-29-40-69-60(43-50)58-23-17-18-24-68(58)78-69/h11-15,17-21,23-34,36-40,42-45,56-57,66H,16,22,35,41,46H2,1-10H3. The van der Waals surface area contributed by atoms with Gasteiger partial charge in [-0.1, -0.05) is 201 Å². The fourth-order valence-electron chi connectivity index (χ4n) is 13.6. The van der Waals surface area contributed by atoms with Crippen LogP contribution in [0.4, 0.5) is 17.1 Å². The van der Waals surface area contributed by atoms with Crippen LogP contribution < -0.4 is 15.3 Å². The van der Waals surface area contributed by atoms with Crippen LogP contribution >= 0.6 is 0 Å². The van der Waals surface area contributed by atoms with E-state index in [4.69, 9.17) is 4.42 Å². The molecule has 6 aliphatic rings. The zero-order valence-corrected chi connectivity index (χ0v) is 47.5. The third-order valence-electron chi connectivity index (χ3n) is 17.7. The summed E-state index contributed by atoms with van der Waals surface area (Å²) in [6.07, 6.45) is 27.0. The van der Waals surface area contributed by atoms with E-state index in [1.165, 1.54) is 100 Å². The summed E-state index contributed by atoms with van der Waals surface area (Å²) in [5, 5.41) is 2.33. The maximum Gasteiger partial charge on any atom is 0.246 e. The Kier molecular flexibility index (Phi) is 12.1. The Morgan fingerprint density at radius 3 is 2.05 bits per heavy atom. The highest BCUT2D eigenvalue weighted by molar-refractivity contribution is 6.89. The molecule has 3 heterocycles. The second-order valence-corrected chi connectivity index (χ2v) is 26.1. The van der Waals surface area contributed by atoms with Crippen LogP contribution in [0.1, 0.15) is 124 Å². The van der Waals surface area contributed by atoms with Crippen LogP contribution in [0, 0.1) is 0 Å². The third kappa shape index (κ3) is 8.69. The molecule has 78 heavy (non-hydrogen) atoms. The number of anilines is 3. The van der Waals surface area contributed by atoms with Crippen molar-refractivity contribution in [2.45, 2.75) is 136 Å². The summed E-state index contributed by atoms with van der Waals surface area (Å²) < 4.78 is 6.29. The molecule has 2 aliphatic heterocycles. The number of allylic oxidation sites excluding steroid dienone is 9. The molecule has 0 spiro atoms. The predicted molar refractivity (Wildman–Crippen MR) is 332 cm³/mol. The van der Waals surface area contributed by atoms with E-state index in [1.54, 1.807) is 0 Å². The molecule has 4 aliphatic carbocycles. The van der Waals surface area contributed by atoms with Crippen LogP contribution in [0.2, 0.25) is 0 Å². The second kappa shape index (κ2) is 18.9. The van der Waals surface area contributed by atoms with Gasteiger partial charge in [-0.05, 0) is 154 Å². The van der Waals surface area contributed by atoms with Gasteiger partial charge in [0.2, 0.25) is 6.71 Å². The first kappa shape index (κ1) is 50.0. The molecule has 7 aromatic rings. The molecule has 0 radical (unpaired) electrons. The highest BCUT2D eigenvalue weighted by atomic mass is 16.3. The lowest BCUT2D eigenvalue weighted by atomic mass is 9.30. The monoisotopic (exact) mass is 1020 g/mol. The van der Waals surface area contributed by atoms with Crippen molar-refractivity contribution in [2.24, 2.45) is 0 Å². The molecule has 13 rings (SSSR count). The van der Waals surface area contributed by atoms with Crippen molar-refractivity contribution in [1.29, 1.82) is 0 Å². The Morgan fingerprint density at radius 1 is 0.641 bits per heavy atom. The Labute approximate surface area is 464 Å². The minimum absolute atomic E-state index is 0.0279. The fraction of sp³-hybridized carbons (Fsp3) is 0.288. The van der Waals surface area contributed by atoms with Crippen molar-refractivity contribution in [3.05, 3.63) is 244 Å². The normalized spacial score (nSPS) is 20.2. The molecule has 0 fully saturated rings. The number of hydrogen-bond donors (Lipinski definition) is 0. The number of hydrogen-bond acceptors (Lipinski definition) is 4. The summed E-state index contributed by atoms with van der Waals surface area (Å²) in [5.41, 5.74) is 24.7. The van der Waals surface area contributed by atoms with Gasteiger partial charge in [0.1, 0.15) is 11.2 Å². The van der Waals surface area contributed by atoms with Crippen molar-refractivity contribution < 1.29 is 4.42 Å². The molecule has 0 bridgehead atoms. The molecule has 4 nitrogen and oxygen atoms in total. The van der Waals surface area contributed by atoms with Crippen molar-refractivity contribution in [1.82, 2.24) is 4.90 Å². The molecule has 3 unspecified atom stereocenters. The van der Waals surface area contributed by atoms with Crippen LogP contribution in [0.3, 0.4) is 0 Å². The largest absolute Gasteiger partial charge is 0.456 e. The smallest absolute Gasteiger partial charge is 0.246 e. The van der Waals surface area contributed by atoms with Gasteiger partial charge in [0.15, 0.2) is 0 Å². The molecule has 0 amide bonds. The van der Waals surface area contributed by atoms with Gasteiger partial charge in [0.25, 0.3) is 0 Å². The van der Waals surface area contributed by atoms with E-state index in [0.717, 1.165) is 48.7 Å². The van der Waals surface area contributed by atoms with Gasteiger partial charge in [-0.15, -0.1) is 0 Å². The molecular weight excluding hydrogens is 946 g/mol. The number of para-hydroxylation sites is 2. The summed E-state index contributed by atoms with van der Waals surface area (Å²) >= 11 is 0. The van der Waals surface area contributed by atoms with Crippen molar-refractivity contribution in [3.63, 3.8) is 0 Å². The minimum atomic E-state index is -0.0404. The quantitative estimate of drug-likeness (QED) is 0.148. The van der Waals surface area contributed by atoms with Gasteiger partial charge in [-0.25, -0.2) is 0 Å². The first-order valence-electron chi connectivity index (χ1n) is 28.8. The Hall–Kier alpha value is -7.50. The topological polar surface area (TPSA) is 22.9 Å². The average molecular weight is 1020 g/mol. The van der Waals surface area contributed by atoms with Crippen molar-refractivity contribution in [2.75, 3.05) is 9.80 Å². The van der Waals surface area contributed by atoms with Crippen LogP contribution in [-0.2, 0) is 16.2 Å². The number of benzene rings is 6. The second-order valence-electron chi connectivity index (χ2n) is 26.1. The molecular formula is C73H74BN3O. The summed E-state index contributed by atoms with van der Waals surface area (Å²) in [5.74, 6) is 0. The third-order valence-corrected chi connectivity index (χ3v) is 17.7.